The molecule has 82 valence electrons. The highest BCUT2D eigenvalue weighted by Gasteiger charge is 2.28. The summed E-state index contributed by atoms with van der Waals surface area (Å²) in [5.74, 6) is -0.536. The highest BCUT2D eigenvalue weighted by molar-refractivity contribution is 5.86. The predicted molar refractivity (Wildman–Crippen MR) is 56.7 cm³/mol. The van der Waals surface area contributed by atoms with Crippen LogP contribution >= 0.6 is 0 Å². The van der Waals surface area contributed by atoms with Gasteiger partial charge in [0.2, 0.25) is 0 Å². The molecular weight excluding hydrogens is 206 g/mol. The van der Waals surface area contributed by atoms with Gasteiger partial charge in [-0.1, -0.05) is 0 Å². The van der Waals surface area contributed by atoms with Gasteiger partial charge in [-0.3, -0.25) is 0 Å². The van der Waals surface area contributed by atoms with E-state index in [1.54, 1.807) is 16.6 Å². The van der Waals surface area contributed by atoms with Gasteiger partial charge >= 0.3 is 5.97 Å². The van der Waals surface area contributed by atoms with E-state index >= 15 is 0 Å². The molecule has 1 aliphatic carbocycles. The van der Waals surface area contributed by atoms with Crippen LogP contribution in [0.4, 0.5) is 0 Å². The number of carbonyl (C=O) groups is 1. The number of aryl methyl sites for hydroxylation is 1. The standard InChI is InChI=1S/C11H11N3O2/c1-6-4-10-12-8(11(15)16)5-9(7-2-3-7)14(10)13-6/h4-5,7H,2-3H2,1H3,(H,15,16). The Morgan fingerprint density at radius 3 is 2.88 bits per heavy atom. The molecule has 0 radical (unpaired) electrons. The highest BCUT2D eigenvalue weighted by atomic mass is 16.4. The molecule has 1 saturated carbocycles. The zero-order valence-corrected chi connectivity index (χ0v) is 8.84. The molecule has 5 nitrogen and oxygen atoms in total. The van der Waals surface area contributed by atoms with E-state index in [0.717, 1.165) is 24.2 Å². The number of fused-ring (bicyclic) bond motifs is 1. The molecule has 0 atom stereocenters. The van der Waals surface area contributed by atoms with E-state index in [1.165, 1.54) is 0 Å². The van der Waals surface area contributed by atoms with Gasteiger partial charge in [0, 0.05) is 17.7 Å². The second-order valence-electron chi connectivity index (χ2n) is 4.20. The third kappa shape index (κ3) is 1.36. The Labute approximate surface area is 91.7 Å². The predicted octanol–water partition coefficient (Wildman–Crippen LogP) is 1.61. The zero-order valence-electron chi connectivity index (χ0n) is 8.84. The fourth-order valence-electron chi connectivity index (χ4n) is 1.89. The molecular formula is C11H11N3O2. The van der Waals surface area contributed by atoms with Crippen LogP contribution in [0.25, 0.3) is 5.65 Å². The van der Waals surface area contributed by atoms with Crippen LogP contribution in [-0.2, 0) is 0 Å². The zero-order chi connectivity index (χ0) is 11.3. The first-order chi connectivity index (χ1) is 7.65. The number of hydrogen-bond acceptors (Lipinski definition) is 3. The summed E-state index contributed by atoms with van der Waals surface area (Å²) in [7, 11) is 0. The molecule has 0 saturated heterocycles. The van der Waals surface area contributed by atoms with Crippen molar-refractivity contribution in [2.45, 2.75) is 25.7 Å². The lowest BCUT2D eigenvalue weighted by Crippen LogP contribution is -2.06. The molecule has 0 amide bonds. The highest BCUT2D eigenvalue weighted by Crippen LogP contribution is 2.40. The molecule has 0 aromatic carbocycles. The van der Waals surface area contributed by atoms with E-state index in [4.69, 9.17) is 5.11 Å². The van der Waals surface area contributed by atoms with Gasteiger partial charge in [0.25, 0.3) is 0 Å². The number of aromatic carboxylic acids is 1. The van der Waals surface area contributed by atoms with Crippen molar-refractivity contribution in [3.8, 4) is 0 Å². The van der Waals surface area contributed by atoms with Crippen LogP contribution in [0.2, 0.25) is 0 Å². The Kier molecular flexibility index (Phi) is 1.77. The monoisotopic (exact) mass is 217 g/mol. The van der Waals surface area contributed by atoms with E-state index < -0.39 is 5.97 Å². The molecule has 2 heterocycles. The summed E-state index contributed by atoms with van der Waals surface area (Å²) in [6, 6.07) is 3.44. The minimum absolute atomic E-state index is 0.106. The molecule has 2 aromatic rings. The Morgan fingerprint density at radius 2 is 2.25 bits per heavy atom. The van der Waals surface area contributed by atoms with Crippen molar-refractivity contribution in [3.05, 3.63) is 29.2 Å². The van der Waals surface area contributed by atoms with Gasteiger partial charge in [-0.25, -0.2) is 14.3 Å². The van der Waals surface area contributed by atoms with Gasteiger partial charge < -0.3 is 5.11 Å². The first kappa shape index (κ1) is 9.33. The van der Waals surface area contributed by atoms with Crippen molar-refractivity contribution in [1.82, 2.24) is 14.6 Å². The average molecular weight is 217 g/mol. The number of hydrogen-bond donors (Lipinski definition) is 1. The molecule has 0 unspecified atom stereocenters. The number of carboxylic acids is 1. The summed E-state index contributed by atoms with van der Waals surface area (Å²) in [6.07, 6.45) is 2.22. The molecule has 3 rings (SSSR count). The van der Waals surface area contributed by atoms with Gasteiger partial charge in [-0.05, 0) is 25.8 Å². The van der Waals surface area contributed by atoms with Gasteiger partial charge in [0.1, 0.15) is 0 Å². The lowest BCUT2D eigenvalue weighted by atomic mass is 10.2. The number of carboxylic acid groups (broad SMARTS) is 1. The maximum atomic E-state index is 11.0. The average Bonchev–Trinajstić information content (AvgIpc) is 2.98. The summed E-state index contributed by atoms with van der Waals surface area (Å²) >= 11 is 0. The summed E-state index contributed by atoms with van der Waals surface area (Å²) in [5.41, 5.74) is 2.56. The third-order valence-corrected chi connectivity index (χ3v) is 2.79. The minimum Gasteiger partial charge on any atom is -0.477 e. The Balaban J connectivity index is 2.29. The molecule has 1 aliphatic rings. The van der Waals surface area contributed by atoms with Crippen molar-refractivity contribution >= 4 is 11.6 Å². The third-order valence-electron chi connectivity index (χ3n) is 2.79. The summed E-state index contributed by atoms with van der Waals surface area (Å²) in [6.45, 7) is 1.88. The molecule has 0 bridgehead atoms. The number of nitrogens with zero attached hydrogens (tertiary/aromatic N) is 3. The van der Waals surface area contributed by atoms with E-state index in [2.05, 4.69) is 10.1 Å². The lowest BCUT2D eigenvalue weighted by molar-refractivity contribution is 0.0690. The van der Waals surface area contributed by atoms with Gasteiger partial charge in [0.15, 0.2) is 11.3 Å². The van der Waals surface area contributed by atoms with Crippen LogP contribution in [0.15, 0.2) is 12.1 Å². The van der Waals surface area contributed by atoms with Crippen molar-refractivity contribution in [2.24, 2.45) is 0 Å². The van der Waals surface area contributed by atoms with Crippen molar-refractivity contribution in [2.75, 3.05) is 0 Å². The molecule has 5 heteroatoms. The molecule has 1 N–H and O–H groups in total. The van der Waals surface area contributed by atoms with Crippen LogP contribution in [0.5, 0.6) is 0 Å². The first-order valence-electron chi connectivity index (χ1n) is 5.26. The van der Waals surface area contributed by atoms with E-state index in [9.17, 15) is 4.79 Å². The van der Waals surface area contributed by atoms with Crippen molar-refractivity contribution in [3.63, 3.8) is 0 Å². The summed E-state index contributed by atoms with van der Waals surface area (Å²) in [5, 5.41) is 13.3. The van der Waals surface area contributed by atoms with Crippen LogP contribution < -0.4 is 0 Å². The van der Waals surface area contributed by atoms with Crippen molar-refractivity contribution in [1.29, 1.82) is 0 Å². The molecule has 1 fully saturated rings. The van der Waals surface area contributed by atoms with E-state index in [-0.39, 0.29) is 5.69 Å². The lowest BCUT2D eigenvalue weighted by Gasteiger charge is -2.03. The quantitative estimate of drug-likeness (QED) is 0.829. The molecule has 2 aromatic heterocycles. The fourth-order valence-corrected chi connectivity index (χ4v) is 1.89. The Bertz CT molecular complexity index is 584. The normalized spacial score (nSPS) is 15.6. The van der Waals surface area contributed by atoms with E-state index in [1.807, 2.05) is 6.92 Å². The minimum atomic E-state index is -0.983. The fraction of sp³-hybridized carbons (Fsp3) is 0.364. The Morgan fingerprint density at radius 1 is 1.50 bits per heavy atom. The first-order valence-corrected chi connectivity index (χ1v) is 5.26. The second kappa shape index (κ2) is 3.04. The summed E-state index contributed by atoms with van der Waals surface area (Å²) < 4.78 is 1.76. The van der Waals surface area contributed by atoms with Crippen LogP contribution in [0, 0.1) is 6.92 Å². The van der Waals surface area contributed by atoms with Crippen molar-refractivity contribution < 1.29 is 9.90 Å². The smallest absolute Gasteiger partial charge is 0.354 e. The summed E-state index contributed by atoms with van der Waals surface area (Å²) in [4.78, 5) is 15.0. The number of rotatable bonds is 2. The largest absolute Gasteiger partial charge is 0.477 e. The van der Waals surface area contributed by atoms with Gasteiger partial charge in [-0.15, -0.1) is 0 Å². The maximum Gasteiger partial charge on any atom is 0.354 e. The van der Waals surface area contributed by atoms with Crippen LogP contribution in [0.3, 0.4) is 0 Å². The molecule has 0 aliphatic heterocycles. The number of aromatic nitrogens is 3. The van der Waals surface area contributed by atoms with E-state index in [0.29, 0.717) is 11.6 Å². The second-order valence-corrected chi connectivity index (χ2v) is 4.20. The van der Waals surface area contributed by atoms with Crippen LogP contribution in [0.1, 0.15) is 40.6 Å². The maximum absolute atomic E-state index is 11.0. The van der Waals surface area contributed by atoms with Gasteiger partial charge in [0.05, 0.1) is 5.69 Å². The molecule has 16 heavy (non-hydrogen) atoms. The van der Waals surface area contributed by atoms with Crippen LogP contribution in [-0.4, -0.2) is 25.7 Å². The molecule has 0 spiro atoms. The van der Waals surface area contributed by atoms with Gasteiger partial charge in [-0.2, -0.15) is 5.10 Å². The SMILES string of the molecule is Cc1cc2nc(C(=O)O)cc(C3CC3)n2n1. The topological polar surface area (TPSA) is 67.5 Å². The Hall–Kier alpha value is -1.91.